The molecule has 1 aromatic heterocycles. The van der Waals surface area contributed by atoms with E-state index in [0.29, 0.717) is 6.61 Å². The lowest BCUT2D eigenvalue weighted by Gasteiger charge is -2.34. The van der Waals surface area contributed by atoms with Gasteiger partial charge in [-0.1, -0.05) is 75.4 Å². The molecule has 0 aliphatic carbocycles. The zero-order valence-corrected chi connectivity index (χ0v) is 29.0. The van der Waals surface area contributed by atoms with Crippen LogP contribution in [0.5, 0.6) is 0 Å². The minimum absolute atomic E-state index is 0.0431. The second-order valence-corrected chi connectivity index (χ2v) is 14.2. The summed E-state index contributed by atoms with van der Waals surface area (Å²) in [6, 6.07) is 15.5. The van der Waals surface area contributed by atoms with Crippen LogP contribution in [0.1, 0.15) is 38.3 Å². The molecule has 49 heavy (non-hydrogen) atoms. The van der Waals surface area contributed by atoms with Gasteiger partial charge in [0, 0.05) is 30.2 Å². The number of benzene rings is 2. The molecule has 264 valence electrons. The maximum Gasteiger partial charge on any atom is 0.407 e. The van der Waals surface area contributed by atoms with Crippen LogP contribution in [0.3, 0.4) is 0 Å². The molecule has 2 aromatic carbocycles. The number of alkyl carbamates (subject to hydrolysis) is 2. The zero-order chi connectivity index (χ0) is 35.0. The van der Waals surface area contributed by atoms with Gasteiger partial charge in [-0.25, -0.2) is 19.6 Å². The lowest BCUT2D eigenvalue weighted by Crippen LogP contribution is -2.59. The van der Waals surface area contributed by atoms with Gasteiger partial charge < -0.3 is 34.7 Å². The Morgan fingerprint density at radius 3 is 2.47 bits per heavy atom. The quantitative estimate of drug-likeness (QED) is 0.193. The molecule has 5 rings (SSSR count). The van der Waals surface area contributed by atoms with Gasteiger partial charge in [0.2, 0.25) is 0 Å². The molecular formula is C35H45N5O8S. The molecule has 6 atom stereocenters. The van der Waals surface area contributed by atoms with Gasteiger partial charge >= 0.3 is 12.2 Å². The van der Waals surface area contributed by atoms with Crippen molar-refractivity contribution < 1.29 is 38.4 Å². The lowest BCUT2D eigenvalue weighted by atomic mass is 9.86. The smallest absolute Gasteiger partial charge is 0.407 e. The molecule has 2 aliphatic rings. The van der Waals surface area contributed by atoms with Crippen LogP contribution in [-0.2, 0) is 36.7 Å². The van der Waals surface area contributed by atoms with Crippen molar-refractivity contribution in [3.8, 4) is 10.6 Å². The normalized spacial score (nSPS) is 20.6. The molecule has 3 heterocycles. The van der Waals surface area contributed by atoms with E-state index in [4.69, 9.17) is 18.9 Å². The Kier molecular flexibility index (Phi) is 12.2. The number of carbonyl (C=O) groups excluding carboxylic acids is 3. The van der Waals surface area contributed by atoms with Crippen molar-refractivity contribution >= 4 is 29.4 Å². The van der Waals surface area contributed by atoms with Gasteiger partial charge in [0.05, 0.1) is 38.4 Å². The number of methoxy groups -OCH3 is 1. The van der Waals surface area contributed by atoms with E-state index in [2.05, 4.69) is 21.0 Å². The first-order chi connectivity index (χ1) is 23.5. The van der Waals surface area contributed by atoms with Crippen molar-refractivity contribution in [2.45, 2.75) is 70.7 Å². The van der Waals surface area contributed by atoms with Gasteiger partial charge in [-0.2, -0.15) is 0 Å². The van der Waals surface area contributed by atoms with Crippen LogP contribution in [0.2, 0.25) is 0 Å². The largest absolute Gasteiger partial charge is 0.453 e. The average molecular weight is 696 g/mol. The molecule has 3 amide bonds. The van der Waals surface area contributed by atoms with Crippen molar-refractivity contribution in [1.29, 1.82) is 0 Å². The molecule has 0 radical (unpaired) electrons. The summed E-state index contributed by atoms with van der Waals surface area (Å²) in [6.45, 7) is 6.42. The number of hydrogen-bond donors (Lipinski definition) is 4. The summed E-state index contributed by atoms with van der Waals surface area (Å²) < 4.78 is 21.8. The Morgan fingerprint density at radius 2 is 1.80 bits per heavy atom. The van der Waals surface area contributed by atoms with Gasteiger partial charge in [-0.05, 0) is 29.4 Å². The predicted molar refractivity (Wildman–Crippen MR) is 182 cm³/mol. The second kappa shape index (κ2) is 16.5. The topological polar surface area (TPSA) is 161 Å². The molecule has 6 unspecified atom stereocenters. The SMILES string of the molecule is COC(=O)NC(C(=O)NN(Cc1ccccc1)CC(O)C(Cc1ccc(-c2nccs2)cc1)NC(=O)OC1COC2OCCC12)C(C)(C)C. The number of carbonyl (C=O) groups is 3. The average Bonchev–Trinajstić information content (AvgIpc) is 3.84. The lowest BCUT2D eigenvalue weighted by molar-refractivity contribution is -0.131. The van der Waals surface area contributed by atoms with E-state index in [9.17, 15) is 19.5 Å². The Balaban J connectivity index is 1.35. The number of aliphatic hydroxyl groups is 1. The van der Waals surface area contributed by atoms with E-state index in [1.807, 2.05) is 80.7 Å². The molecular weight excluding hydrogens is 650 g/mol. The molecule has 0 saturated carbocycles. The number of thiazole rings is 1. The summed E-state index contributed by atoms with van der Waals surface area (Å²) in [7, 11) is 1.23. The third-order valence-electron chi connectivity index (χ3n) is 8.57. The second-order valence-electron chi connectivity index (χ2n) is 13.3. The molecule has 2 saturated heterocycles. The minimum Gasteiger partial charge on any atom is -0.453 e. The highest BCUT2D eigenvalue weighted by molar-refractivity contribution is 7.13. The van der Waals surface area contributed by atoms with Crippen LogP contribution >= 0.6 is 11.3 Å². The third kappa shape index (κ3) is 9.98. The zero-order valence-electron chi connectivity index (χ0n) is 28.2. The van der Waals surface area contributed by atoms with Crippen molar-refractivity contribution in [1.82, 2.24) is 26.1 Å². The molecule has 4 N–H and O–H groups in total. The van der Waals surface area contributed by atoms with Gasteiger partial charge in [0.1, 0.15) is 17.2 Å². The first kappa shape index (κ1) is 36.2. The number of rotatable bonds is 13. The van der Waals surface area contributed by atoms with Crippen LogP contribution < -0.4 is 16.1 Å². The van der Waals surface area contributed by atoms with E-state index in [0.717, 1.165) is 28.1 Å². The number of fused-ring (bicyclic) bond motifs is 1. The number of ether oxygens (including phenoxy) is 4. The Morgan fingerprint density at radius 1 is 1.04 bits per heavy atom. The monoisotopic (exact) mass is 695 g/mol. The van der Waals surface area contributed by atoms with Crippen LogP contribution in [0.4, 0.5) is 9.59 Å². The maximum absolute atomic E-state index is 13.7. The van der Waals surface area contributed by atoms with Crippen molar-refractivity contribution in [2.75, 3.05) is 26.9 Å². The van der Waals surface area contributed by atoms with Crippen molar-refractivity contribution in [2.24, 2.45) is 11.3 Å². The fraction of sp³-hybridized carbons (Fsp3) is 0.486. The Bertz CT molecular complexity index is 1520. The summed E-state index contributed by atoms with van der Waals surface area (Å²) in [4.78, 5) is 43.5. The third-order valence-corrected chi connectivity index (χ3v) is 9.39. The minimum atomic E-state index is -1.17. The first-order valence-corrected chi connectivity index (χ1v) is 17.2. The van der Waals surface area contributed by atoms with Crippen molar-refractivity contribution in [3.63, 3.8) is 0 Å². The highest BCUT2D eigenvalue weighted by Gasteiger charge is 2.44. The summed E-state index contributed by atoms with van der Waals surface area (Å²) in [5.74, 6) is -0.532. The van der Waals surface area contributed by atoms with E-state index in [1.54, 1.807) is 11.2 Å². The summed E-state index contributed by atoms with van der Waals surface area (Å²) in [6.07, 6.45) is -0.680. The number of nitrogens with zero attached hydrogens (tertiary/aromatic N) is 2. The maximum atomic E-state index is 13.7. The fourth-order valence-electron chi connectivity index (χ4n) is 5.94. The molecule has 0 bridgehead atoms. The standard InChI is InChI=1S/C35H45N5O8S/c1-35(2,3)29(38-33(43)45-4)30(42)39-40(19-23-8-6-5-7-9-23)20-27(41)26(18-22-10-12-24(13-11-22)31-36-15-17-49-31)37-34(44)48-28-21-47-32-25(28)14-16-46-32/h5-13,15,17,25-29,32,41H,14,16,18-21H2,1-4H3,(H,37,44)(H,38,43)(H,39,42). The van der Waals surface area contributed by atoms with Crippen LogP contribution in [0.25, 0.3) is 10.6 Å². The Labute approximate surface area is 290 Å². The van der Waals surface area contributed by atoms with Crippen molar-refractivity contribution in [3.05, 3.63) is 77.3 Å². The van der Waals surface area contributed by atoms with Gasteiger partial charge in [0.15, 0.2) is 6.29 Å². The number of nitrogens with one attached hydrogen (secondary N) is 3. The van der Waals surface area contributed by atoms with E-state index < -0.39 is 47.8 Å². The molecule has 3 aromatic rings. The summed E-state index contributed by atoms with van der Waals surface area (Å²) >= 11 is 1.54. The van der Waals surface area contributed by atoms with E-state index in [-0.39, 0.29) is 38.3 Å². The number of hydrazine groups is 1. The molecule has 13 nitrogen and oxygen atoms in total. The highest BCUT2D eigenvalue weighted by Crippen LogP contribution is 2.33. The van der Waals surface area contributed by atoms with E-state index in [1.165, 1.54) is 18.4 Å². The van der Waals surface area contributed by atoms with Gasteiger partial charge in [-0.3, -0.25) is 10.2 Å². The molecule has 2 fully saturated rings. The van der Waals surface area contributed by atoms with Crippen LogP contribution in [0, 0.1) is 11.3 Å². The summed E-state index contributed by atoms with van der Waals surface area (Å²) in [5.41, 5.74) is 4.93. The first-order valence-electron chi connectivity index (χ1n) is 16.3. The van der Waals surface area contributed by atoms with Crippen LogP contribution in [0.15, 0.2) is 66.2 Å². The number of amides is 3. The fourth-order valence-corrected chi connectivity index (χ4v) is 6.58. The number of aliphatic hydroxyl groups excluding tert-OH is 1. The number of hydrogen-bond acceptors (Lipinski definition) is 11. The molecule has 0 spiro atoms. The number of aromatic nitrogens is 1. The van der Waals surface area contributed by atoms with Gasteiger partial charge in [0.25, 0.3) is 5.91 Å². The predicted octanol–water partition coefficient (Wildman–Crippen LogP) is 3.87. The Hall–Kier alpha value is -4.08. The van der Waals surface area contributed by atoms with E-state index >= 15 is 0 Å². The molecule has 14 heteroatoms. The van der Waals surface area contributed by atoms with Crippen LogP contribution in [-0.4, -0.2) is 90.6 Å². The highest BCUT2D eigenvalue weighted by atomic mass is 32.1. The molecule has 2 aliphatic heterocycles. The van der Waals surface area contributed by atoms with Gasteiger partial charge in [-0.15, -0.1) is 11.3 Å². The summed E-state index contributed by atoms with van der Waals surface area (Å²) in [5, 5.41) is 21.7.